The van der Waals surface area contributed by atoms with E-state index in [4.69, 9.17) is 4.74 Å². The van der Waals surface area contributed by atoms with E-state index in [2.05, 4.69) is 16.1 Å². The minimum Gasteiger partial charge on any atom is -0.493 e. The van der Waals surface area contributed by atoms with Gasteiger partial charge in [-0.25, -0.2) is 0 Å². The van der Waals surface area contributed by atoms with Crippen LogP contribution >= 0.6 is 0 Å². The first-order chi connectivity index (χ1) is 10.4. The third kappa shape index (κ3) is 3.45. The second kappa shape index (κ2) is 6.18. The van der Waals surface area contributed by atoms with Crippen molar-refractivity contribution in [1.82, 2.24) is 5.32 Å². The summed E-state index contributed by atoms with van der Waals surface area (Å²) in [5, 5.41) is 11.9. The topological polar surface area (TPSA) is 71.3 Å². The quantitative estimate of drug-likeness (QED) is 0.877. The summed E-state index contributed by atoms with van der Waals surface area (Å²) in [5.74, 6) is -0.444. The van der Waals surface area contributed by atoms with Gasteiger partial charge in [-0.2, -0.15) is 14.0 Å². The van der Waals surface area contributed by atoms with Gasteiger partial charge in [0, 0.05) is 5.56 Å². The number of methoxy groups -OCH3 is 1. The van der Waals surface area contributed by atoms with Crippen molar-refractivity contribution in [2.24, 2.45) is 5.92 Å². The highest BCUT2D eigenvalue weighted by atomic mass is 19.3. The van der Waals surface area contributed by atoms with Crippen LogP contribution in [-0.2, 0) is 0 Å². The molecule has 0 heterocycles. The molecule has 0 unspecified atom stereocenters. The maximum absolute atomic E-state index is 12.3. The van der Waals surface area contributed by atoms with Gasteiger partial charge >= 0.3 is 6.61 Å². The van der Waals surface area contributed by atoms with E-state index in [1.807, 2.05) is 0 Å². The first-order valence-corrected chi connectivity index (χ1v) is 6.76. The molecule has 5 nitrogen and oxygen atoms in total. The number of benzene rings is 1. The summed E-state index contributed by atoms with van der Waals surface area (Å²) >= 11 is 0. The third-order valence-electron chi connectivity index (χ3n) is 3.64. The number of carbonyl (C=O) groups excluding carboxylic acids is 1. The van der Waals surface area contributed by atoms with Crippen molar-refractivity contribution in [2.75, 3.05) is 7.11 Å². The second-order valence-corrected chi connectivity index (χ2v) is 5.29. The van der Waals surface area contributed by atoms with E-state index in [9.17, 15) is 18.8 Å². The largest absolute Gasteiger partial charge is 0.493 e. The molecule has 1 aromatic rings. The number of nitrogens with one attached hydrogen (secondary N) is 1. The molecule has 1 aromatic carbocycles. The van der Waals surface area contributed by atoms with E-state index in [-0.39, 0.29) is 23.0 Å². The van der Waals surface area contributed by atoms with E-state index >= 15 is 0 Å². The molecule has 0 saturated heterocycles. The van der Waals surface area contributed by atoms with Gasteiger partial charge in [0.1, 0.15) is 5.54 Å². The molecule has 7 heteroatoms. The zero-order valence-electron chi connectivity index (χ0n) is 12.2. The number of rotatable bonds is 6. The summed E-state index contributed by atoms with van der Waals surface area (Å²) in [6.07, 6.45) is 1.80. The van der Waals surface area contributed by atoms with Gasteiger partial charge in [0.05, 0.1) is 13.2 Å². The number of alkyl halides is 2. The fourth-order valence-electron chi connectivity index (χ4n) is 2.19. The molecular formula is C15H16F2N2O3. The maximum atomic E-state index is 12.3. The molecule has 1 aliphatic carbocycles. The zero-order valence-corrected chi connectivity index (χ0v) is 12.2. The molecule has 1 saturated carbocycles. The van der Waals surface area contributed by atoms with Crippen LogP contribution in [0.15, 0.2) is 18.2 Å². The molecule has 0 spiro atoms. The van der Waals surface area contributed by atoms with Gasteiger partial charge in [-0.15, -0.1) is 0 Å². The number of hydrogen-bond donors (Lipinski definition) is 1. The van der Waals surface area contributed by atoms with Crippen LogP contribution in [0.4, 0.5) is 8.78 Å². The molecule has 1 N–H and O–H groups in total. The van der Waals surface area contributed by atoms with Gasteiger partial charge in [0.25, 0.3) is 5.91 Å². The van der Waals surface area contributed by atoms with Gasteiger partial charge in [-0.05, 0) is 43.9 Å². The molecule has 0 bridgehead atoms. The monoisotopic (exact) mass is 310 g/mol. The number of nitriles is 1. The van der Waals surface area contributed by atoms with Crippen molar-refractivity contribution in [3.05, 3.63) is 23.8 Å². The Labute approximate surface area is 126 Å². The Bertz CT molecular complexity index is 611. The van der Waals surface area contributed by atoms with Crippen LogP contribution in [0.1, 0.15) is 30.1 Å². The Morgan fingerprint density at radius 2 is 2.14 bits per heavy atom. The van der Waals surface area contributed by atoms with E-state index in [1.54, 1.807) is 6.92 Å². The molecule has 2 rings (SSSR count). The van der Waals surface area contributed by atoms with Crippen molar-refractivity contribution in [2.45, 2.75) is 31.9 Å². The molecule has 0 radical (unpaired) electrons. The van der Waals surface area contributed by atoms with Crippen LogP contribution in [-0.4, -0.2) is 25.2 Å². The summed E-state index contributed by atoms with van der Waals surface area (Å²) in [6.45, 7) is -1.31. The van der Waals surface area contributed by atoms with Gasteiger partial charge in [0.15, 0.2) is 11.5 Å². The van der Waals surface area contributed by atoms with E-state index in [0.717, 1.165) is 12.8 Å². The van der Waals surface area contributed by atoms with Gasteiger partial charge in [0.2, 0.25) is 0 Å². The lowest BCUT2D eigenvalue weighted by molar-refractivity contribution is -0.0512. The predicted molar refractivity (Wildman–Crippen MR) is 73.8 cm³/mol. The molecule has 1 fully saturated rings. The van der Waals surface area contributed by atoms with E-state index in [0.29, 0.717) is 0 Å². The number of carbonyl (C=O) groups is 1. The molecule has 118 valence electrons. The second-order valence-electron chi connectivity index (χ2n) is 5.29. The van der Waals surface area contributed by atoms with Crippen molar-refractivity contribution < 1.29 is 23.0 Å². The average molecular weight is 310 g/mol. The van der Waals surface area contributed by atoms with E-state index in [1.165, 1.54) is 25.3 Å². The Hall–Kier alpha value is -2.36. The normalized spacial score (nSPS) is 16.5. The van der Waals surface area contributed by atoms with Crippen molar-refractivity contribution in [3.8, 4) is 17.6 Å². The maximum Gasteiger partial charge on any atom is 0.387 e. The van der Waals surface area contributed by atoms with Gasteiger partial charge < -0.3 is 14.8 Å². The highest BCUT2D eigenvalue weighted by molar-refractivity contribution is 5.95. The first-order valence-electron chi connectivity index (χ1n) is 6.76. The Balaban J connectivity index is 2.18. The van der Waals surface area contributed by atoms with Gasteiger partial charge in [-0.3, -0.25) is 4.79 Å². The molecule has 1 atom stereocenters. The highest BCUT2D eigenvalue weighted by Crippen LogP contribution is 2.39. The molecular weight excluding hydrogens is 294 g/mol. The molecule has 0 aliphatic heterocycles. The van der Waals surface area contributed by atoms with Crippen LogP contribution in [0.2, 0.25) is 0 Å². The lowest BCUT2D eigenvalue weighted by Gasteiger charge is -2.23. The van der Waals surface area contributed by atoms with Crippen molar-refractivity contribution in [3.63, 3.8) is 0 Å². The summed E-state index contributed by atoms with van der Waals surface area (Å²) in [7, 11) is 1.29. The predicted octanol–water partition coefficient (Wildman–Crippen LogP) is 2.72. The molecule has 1 amide bonds. The van der Waals surface area contributed by atoms with Crippen molar-refractivity contribution >= 4 is 5.91 Å². The first kappa shape index (κ1) is 16.0. The Kier molecular flexibility index (Phi) is 4.50. The fraction of sp³-hybridized carbons (Fsp3) is 0.467. The summed E-state index contributed by atoms with van der Waals surface area (Å²) in [6, 6.07) is 6.01. The summed E-state index contributed by atoms with van der Waals surface area (Å²) < 4.78 is 33.8. The lowest BCUT2D eigenvalue weighted by atomic mass is 9.97. The van der Waals surface area contributed by atoms with Crippen LogP contribution < -0.4 is 14.8 Å². The highest BCUT2D eigenvalue weighted by Gasteiger charge is 2.43. The number of nitrogens with zero attached hydrogens (tertiary/aromatic N) is 1. The number of amides is 1. The lowest BCUT2D eigenvalue weighted by Crippen LogP contribution is -2.46. The smallest absolute Gasteiger partial charge is 0.387 e. The number of ether oxygens (including phenoxy) is 2. The average Bonchev–Trinajstić information content (AvgIpc) is 3.31. The SMILES string of the molecule is COc1cc(C(=O)N[C@@](C)(C#N)C2CC2)ccc1OC(F)F. The van der Waals surface area contributed by atoms with E-state index < -0.39 is 18.1 Å². The summed E-state index contributed by atoms with van der Waals surface area (Å²) in [5.41, 5.74) is -0.719. The van der Waals surface area contributed by atoms with Crippen LogP contribution in [0, 0.1) is 17.2 Å². The molecule has 1 aliphatic rings. The fourth-order valence-corrected chi connectivity index (χ4v) is 2.19. The zero-order chi connectivity index (χ0) is 16.3. The molecule has 22 heavy (non-hydrogen) atoms. The number of hydrogen-bond acceptors (Lipinski definition) is 4. The van der Waals surface area contributed by atoms with Crippen LogP contribution in [0.3, 0.4) is 0 Å². The standard InChI is InChI=1S/C15H16F2N2O3/c1-15(8-18,10-4-5-10)19-13(20)9-3-6-11(22-14(16)17)12(7-9)21-2/h3,6-7,10,14H,4-5H2,1-2H3,(H,19,20)/t15-/m0/s1. The van der Waals surface area contributed by atoms with Crippen LogP contribution in [0.25, 0.3) is 0 Å². The minimum atomic E-state index is -2.98. The Morgan fingerprint density at radius 1 is 1.45 bits per heavy atom. The summed E-state index contributed by atoms with van der Waals surface area (Å²) in [4.78, 5) is 12.2. The molecule has 0 aromatic heterocycles. The van der Waals surface area contributed by atoms with Crippen molar-refractivity contribution in [1.29, 1.82) is 5.26 Å². The van der Waals surface area contributed by atoms with Crippen LogP contribution in [0.5, 0.6) is 11.5 Å². The Morgan fingerprint density at radius 3 is 2.64 bits per heavy atom. The third-order valence-corrected chi connectivity index (χ3v) is 3.64. The van der Waals surface area contributed by atoms with Gasteiger partial charge in [-0.1, -0.05) is 0 Å². The number of halogens is 2. The minimum absolute atomic E-state index is 0.0260.